The number of nitrogens with zero attached hydrogens (tertiary/aromatic N) is 2. The summed E-state index contributed by atoms with van der Waals surface area (Å²) >= 11 is 1.87. The molecule has 0 bridgehead atoms. The average molecular weight is 297 g/mol. The van der Waals surface area contributed by atoms with Crippen molar-refractivity contribution in [2.75, 3.05) is 6.54 Å². The van der Waals surface area contributed by atoms with Gasteiger partial charge in [0.2, 0.25) is 0 Å². The number of thiazole rings is 1. The molecule has 4 rings (SSSR count). The SMILES string of the molecule is NCCc1c(-c2ccccc2)nc2sc3c(n12)CCCC3. The highest BCUT2D eigenvalue weighted by Gasteiger charge is 2.22. The summed E-state index contributed by atoms with van der Waals surface area (Å²) in [5, 5.41) is 0. The van der Waals surface area contributed by atoms with Gasteiger partial charge < -0.3 is 5.73 Å². The molecule has 4 heteroatoms. The summed E-state index contributed by atoms with van der Waals surface area (Å²) < 4.78 is 2.40. The van der Waals surface area contributed by atoms with E-state index < -0.39 is 0 Å². The average Bonchev–Trinajstić information content (AvgIpc) is 3.05. The molecule has 3 nitrogen and oxygen atoms in total. The number of aromatic nitrogens is 2. The second kappa shape index (κ2) is 5.28. The lowest BCUT2D eigenvalue weighted by atomic mass is 10.0. The normalized spacial score (nSPS) is 14.5. The van der Waals surface area contributed by atoms with E-state index in [1.165, 1.54) is 47.5 Å². The Kier molecular flexibility index (Phi) is 3.28. The summed E-state index contributed by atoms with van der Waals surface area (Å²) in [7, 11) is 0. The quantitative estimate of drug-likeness (QED) is 0.804. The molecule has 0 saturated heterocycles. The van der Waals surface area contributed by atoms with Crippen LogP contribution in [0.25, 0.3) is 16.2 Å². The number of benzene rings is 1. The zero-order valence-corrected chi connectivity index (χ0v) is 12.8. The first-order valence-corrected chi connectivity index (χ1v) is 8.47. The second-order valence-corrected chi connectivity index (χ2v) is 6.67. The van der Waals surface area contributed by atoms with Gasteiger partial charge in [-0.1, -0.05) is 30.3 Å². The Morgan fingerprint density at radius 3 is 2.76 bits per heavy atom. The Hall–Kier alpha value is -1.65. The van der Waals surface area contributed by atoms with Crippen molar-refractivity contribution in [1.82, 2.24) is 9.38 Å². The van der Waals surface area contributed by atoms with E-state index in [4.69, 9.17) is 10.7 Å². The van der Waals surface area contributed by atoms with Crippen LogP contribution in [0.4, 0.5) is 0 Å². The summed E-state index contributed by atoms with van der Waals surface area (Å²) in [6, 6.07) is 10.5. The topological polar surface area (TPSA) is 43.3 Å². The van der Waals surface area contributed by atoms with Gasteiger partial charge >= 0.3 is 0 Å². The van der Waals surface area contributed by atoms with Crippen LogP contribution in [0, 0.1) is 0 Å². The Balaban J connectivity index is 1.96. The standard InChI is InChI=1S/C17H19N3S/c18-11-10-14-16(12-6-2-1-3-7-12)19-17-20(14)13-8-4-5-9-15(13)21-17/h1-3,6-7H,4-5,8-11,18H2. The molecular weight excluding hydrogens is 278 g/mol. The molecule has 0 saturated carbocycles. The Labute approximate surface area is 128 Å². The molecular formula is C17H19N3S. The van der Waals surface area contributed by atoms with Crippen molar-refractivity contribution in [3.63, 3.8) is 0 Å². The van der Waals surface area contributed by atoms with Crippen molar-refractivity contribution in [3.05, 3.63) is 46.6 Å². The number of hydrogen-bond acceptors (Lipinski definition) is 3. The van der Waals surface area contributed by atoms with Crippen molar-refractivity contribution >= 4 is 16.3 Å². The minimum Gasteiger partial charge on any atom is -0.330 e. The third-order valence-corrected chi connectivity index (χ3v) is 5.39. The number of fused-ring (bicyclic) bond motifs is 3. The first kappa shape index (κ1) is 13.0. The summed E-state index contributed by atoms with van der Waals surface area (Å²) in [6.45, 7) is 0.665. The molecule has 0 fully saturated rings. The van der Waals surface area contributed by atoms with Gasteiger partial charge in [0.05, 0.1) is 11.4 Å². The number of imidazole rings is 1. The van der Waals surface area contributed by atoms with Crippen LogP contribution in [0.3, 0.4) is 0 Å². The fraction of sp³-hybridized carbons (Fsp3) is 0.353. The lowest BCUT2D eigenvalue weighted by Crippen LogP contribution is -2.09. The molecule has 0 aliphatic heterocycles. The number of rotatable bonds is 3. The molecule has 0 atom stereocenters. The van der Waals surface area contributed by atoms with E-state index in [-0.39, 0.29) is 0 Å². The molecule has 3 aromatic rings. The van der Waals surface area contributed by atoms with Crippen LogP contribution in [0.2, 0.25) is 0 Å². The van der Waals surface area contributed by atoms with Crippen LogP contribution in [0.5, 0.6) is 0 Å². The Bertz CT molecular complexity index is 770. The molecule has 2 aromatic heterocycles. The summed E-state index contributed by atoms with van der Waals surface area (Å²) in [5.74, 6) is 0. The molecule has 108 valence electrons. The highest BCUT2D eigenvalue weighted by molar-refractivity contribution is 7.17. The molecule has 0 radical (unpaired) electrons. The fourth-order valence-corrected chi connectivity index (χ4v) is 4.52. The van der Waals surface area contributed by atoms with Gasteiger partial charge in [0.15, 0.2) is 4.96 Å². The summed E-state index contributed by atoms with van der Waals surface area (Å²) in [5.41, 5.74) is 10.9. The molecule has 2 heterocycles. The van der Waals surface area contributed by atoms with Crippen molar-refractivity contribution in [3.8, 4) is 11.3 Å². The molecule has 1 aliphatic rings. The van der Waals surface area contributed by atoms with Crippen LogP contribution >= 0.6 is 11.3 Å². The van der Waals surface area contributed by atoms with E-state index in [0.29, 0.717) is 6.54 Å². The summed E-state index contributed by atoms with van der Waals surface area (Å²) in [6.07, 6.45) is 5.88. The van der Waals surface area contributed by atoms with Gasteiger partial charge in [-0.05, 0) is 32.2 Å². The smallest absolute Gasteiger partial charge is 0.194 e. The van der Waals surface area contributed by atoms with Gasteiger partial charge in [-0.15, -0.1) is 11.3 Å². The molecule has 21 heavy (non-hydrogen) atoms. The van der Waals surface area contributed by atoms with E-state index in [2.05, 4.69) is 28.7 Å². The molecule has 1 aromatic carbocycles. The van der Waals surface area contributed by atoms with Crippen LogP contribution in [0.15, 0.2) is 30.3 Å². The lowest BCUT2D eigenvalue weighted by molar-refractivity contribution is 0.669. The first-order chi connectivity index (χ1) is 10.4. The third-order valence-electron chi connectivity index (χ3n) is 4.24. The monoisotopic (exact) mass is 297 g/mol. The highest BCUT2D eigenvalue weighted by Crippen LogP contribution is 2.35. The maximum atomic E-state index is 5.86. The predicted molar refractivity (Wildman–Crippen MR) is 87.9 cm³/mol. The molecule has 0 spiro atoms. The largest absolute Gasteiger partial charge is 0.330 e. The van der Waals surface area contributed by atoms with Crippen LogP contribution in [-0.4, -0.2) is 15.9 Å². The zero-order valence-electron chi connectivity index (χ0n) is 12.0. The number of aryl methyl sites for hydroxylation is 2. The van der Waals surface area contributed by atoms with Gasteiger partial charge in [-0.3, -0.25) is 4.40 Å². The van der Waals surface area contributed by atoms with Crippen LogP contribution in [0.1, 0.15) is 29.1 Å². The number of hydrogen-bond donors (Lipinski definition) is 1. The van der Waals surface area contributed by atoms with Crippen molar-refractivity contribution in [1.29, 1.82) is 0 Å². The first-order valence-electron chi connectivity index (χ1n) is 7.66. The summed E-state index contributed by atoms with van der Waals surface area (Å²) in [4.78, 5) is 7.60. The van der Waals surface area contributed by atoms with E-state index >= 15 is 0 Å². The van der Waals surface area contributed by atoms with Crippen LogP contribution in [-0.2, 0) is 19.3 Å². The van der Waals surface area contributed by atoms with Gasteiger partial charge in [0.1, 0.15) is 0 Å². The molecule has 0 amide bonds. The maximum Gasteiger partial charge on any atom is 0.194 e. The minimum absolute atomic E-state index is 0.665. The predicted octanol–water partition coefficient (Wildman–Crippen LogP) is 3.44. The number of nitrogens with two attached hydrogens (primary N) is 1. The molecule has 0 unspecified atom stereocenters. The van der Waals surface area contributed by atoms with Gasteiger partial charge in [-0.2, -0.15) is 0 Å². The zero-order chi connectivity index (χ0) is 14.2. The van der Waals surface area contributed by atoms with Gasteiger partial charge in [-0.25, -0.2) is 4.98 Å². The van der Waals surface area contributed by atoms with E-state index in [1.807, 2.05) is 17.4 Å². The van der Waals surface area contributed by atoms with E-state index in [0.717, 1.165) is 17.1 Å². The lowest BCUT2D eigenvalue weighted by Gasteiger charge is -2.12. The second-order valence-electron chi connectivity index (χ2n) is 5.61. The fourth-order valence-electron chi connectivity index (χ4n) is 3.29. The minimum atomic E-state index is 0.665. The van der Waals surface area contributed by atoms with Gasteiger partial charge in [0, 0.05) is 22.6 Å². The van der Waals surface area contributed by atoms with Gasteiger partial charge in [0.25, 0.3) is 0 Å². The van der Waals surface area contributed by atoms with E-state index in [9.17, 15) is 0 Å². The Morgan fingerprint density at radius 1 is 1.14 bits per heavy atom. The van der Waals surface area contributed by atoms with Crippen molar-refractivity contribution in [2.24, 2.45) is 5.73 Å². The van der Waals surface area contributed by atoms with Crippen molar-refractivity contribution in [2.45, 2.75) is 32.1 Å². The molecule has 1 aliphatic carbocycles. The van der Waals surface area contributed by atoms with E-state index in [1.54, 1.807) is 0 Å². The Morgan fingerprint density at radius 2 is 1.95 bits per heavy atom. The third kappa shape index (κ3) is 2.10. The molecule has 2 N–H and O–H groups in total. The van der Waals surface area contributed by atoms with Crippen molar-refractivity contribution < 1.29 is 0 Å². The highest BCUT2D eigenvalue weighted by atomic mass is 32.1. The van der Waals surface area contributed by atoms with Crippen LogP contribution < -0.4 is 5.73 Å². The maximum absolute atomic E-state index is 5.86.